The van der Waals surface area contributed by atoms with Gasteiger partial charge in [0.1, 0.15) is 12.6 Å². The minimum atomic E-state index is -4.21. The number of hydrogen-bond donors (Lipinski definition) is 1. The Labute approximate surface area is 251 Å². The van der Waals surface area contributed by atoms with Crippen LogP contribution in [-0.4, -0.2) is 44.3 Å². The van der Waals surface area contributed by atoms with Crippen molar-refractivity contribution < 1.29 is 18.0 Å². The molecule has 0 radical (unpaired) electrons. The third-order valence-electron chi connectivity index (χ3n) is 6.20. The molecule has 0 bridgehead atoms. The van der Waals surface area contributed by atoms with Crippen LogP contribution in [0.25, 0.3) is 0 Å². The number of hydrogen-bond acceptors (Lipinski definition) is 4. The quantitative estimate of drug-likeness (QED) is 0.270. The number of anilines is 1. The van der Waals surface area contributed by atoms with E-state index in [4.69, 9.17) is 34.8 Å². The third kappa shape index (κ3) is 8.13. The lowest BCUT2D eigenvalue weighted by atomic mass is 10.1. The highest BCUT2D eigenvalue weighted by Crippen LogP contribution is 2.31. The molecule has 3 rings (SSSR count). The highest BCUT2D eigenvalue weighted by atomic mass is 35.5. The fraction of sp³-hybridized carbons (Fsp3) is 0.310. The zero-order chi connectivity index (χ0) is 29.6. The van der Waals surface area contributed by atoms with Gasteiger partial charge in [-0.1, -0.05) is 78.5 Å². The van der Waals surface area contributed by atoms with Crippen molar-refractivity contribution in [3.8, 4) is 0 Å². The maximum atomic E-state index is 13.9. The molecule has 0 aliphatic heterocycles. The molecule has 0 heterocycles. The molecule has 0 aliphatic carbocycles. The smallest absolute Gasteiger partial charge is 0.264 e. The van der Waals surface area contributed by atoms with Gasteiger partial charge in [0, 0.05) is 18.1 Å². The third-order valence-corrected chi connectivity index (χ3v) is 8.98. The number of halogens is 3. The predicted molar refractivity (Wildman–Crippen MR) is 161 cm³/mol. The van der Waals surface area contributed by atoms with Crippen LogP contribution < -0.4 is 9.62 Å². The van der Waals surface area contributed by atoms with Crippen LogP contribution in [0.1, 0.15) is 31.9 Å². The standard InChI is InChI=1S/C29H32Cl3N3O4S/c1-19(2)16-33-29(37)21(4)34(17-22-7-9-23(30)10-8-22)28(36)18-35(24-11-14-26(31)27(32)15-24)40(38,39)25-12-5-20(3)6-13-25/h5-15,19,21H,16-18H2,1-4H3,(H,33,37)/t21-/m1/s1. The van der Waals surface area contributed by atoms with Crippen molar-refractivity contribution >= 4 is 62.3 Å². The summed E-state index contributed by atoms with van der Waals surface area (Å²) in [6.07, 6.45) is 0. The van der Waals surface area contributed by atoms with Gasteiger partial charge in [-0.15, -0.1) is 0 Å². The Kier molecular flexibility index (Phi) is 10.9. The van der Waals surface area contributed by atoms with Crippen molar-refractivity contribution in [1.82, 2.24) is 10.2 Å². The first-order valence-electron chi connectivity index (χ1n) is 12.7. The van der Waals surface area contributed by atoms with Crippen molar-refractivity contribution in [2.24, 2.45) is 5.92 Å². The molecular weight excluding hydrogens is 593 g/mol. The summed E-state index contributed by atoms with van der Waals surface area (Å²) in [7, 11) is -4.21. The van der Waals surface area contributed by atoms with Gasteiger partial charge in [0.25, 0.3) is 10.0 Å². The second-order valence-corrected chi connectivity index (χ2v) is 13.0. The molecular formula is C29H32Cl3N3O4S. The number of benzene rings is 3. The number of rotatable bonds is 11. The zero-order valence-corrected chi connectivity index (χ0v) is 25.8. The molecule has 2 amide bonds. The topological polar surface area (TPSA) is 86.8 Å². The number of carbonyl (C=O) groups is 2. The van der Waals surface area contributed by atoms with E-state index in [1.165, 1.54) is 35.2 Å². The Morgan fingerprint density at radius 3 is 2.08 bits per heavy atom. The number of carbonyl (C=O) groups excluding carboxylic acids is 2. The highest BCUT2D eigenvalue weighted by Gasteiger charge is 2.32. The molecule has 0 spiro atoms. The Morgan fingerprint density at radius 2 is 1.50 bits per heavy atom. The molecule has 0 saturated carbocycles. The van der Waals surface area contributed by atoms with E-state index in [-0.39, 0.29) is 39.0 Å². The minimum absolute atomic E-state index is 0.00366. The molecule has 0 fully saturated rings. The van der Waals surface area contributed by atoms with Crippen LogP contribution in [0.3, 0.4) is 0 Å². The number of sulfonamides is 1. The van der Waals surface area contributed by atoms with E-state index in [2.05, 4.69) is 5.32 Å². The molecule has 11 heteroatoms. The van der Waals surface area contributed by atoms with Crippen LogP contribution >= 0.6 is 34.8 Å². The summed E-state index contributed by atoms with van der Waals surface area (Å²) in [6, 6.07) is 16.6. The van der Waals surface area contributed by atoms with Gasteiger partial charge in [0.15, 0.2) is 0 Å². The Hall–Kier alpha value is -2.78. The molecule has 214 valence electrons. The van der Waals surface area contributed by atoms with Gasteiger partial charge < -0.3 is 10.2 Å². The lowest BCUT2D eigenvalue weighted by molar-refractivity contribution is -0.139. The van der Waals surface area contributed by atoms with Crippen molar-refractivity contribution in [3.63, 3.8) is 0 Å². The summed E-state index contributed by atoms with van der Waals surface area (Å²) in [4.78, 5) is 28.3. The second-order valence-electron chi connectivity index (χ2n) is 9.89. The fourth-order valence-electron chi connectivity index (χ4n) is 3.83. The molecule has 0 unspecified atom stereocenters. The lowest BCUT2D eigenvalue weighted by Crippen LogP contribution is -2.51. The number of nitrogens with one attached hydrogen (secondary N) is 1. The first-order valence-corrected chi connectivity index (χ1v) is 15.2. The predicted octanol–water partition coefficient (Wildman–Crippen LogP) is 6.34. The van der Waals surface area contributed by atoms with Crippen molar-refractivity contribution in [1.29, 1.82) is 0 Å². The number of aryl methyl sites for hydroxylation is 1. The van der Waals surface area contributed by atoms with Gasteiger partial charge in [-0.3, -0.25) is 13.9 Å². The zero-order valence-electron chi connectivity index (χ0n) is 22.7. The Bertz CT molecular complexity index is 1450. The summed E-state index contributed by atoms with van der Waals surface area (Å²) in [5.41, 5.74) is 1.77. The SMILES string of the molecule is Cc1ccc(S(=O)(=O)N(CC(=O)N(Cc2ccc(Cl)cc2)[C@H](C)C(=O)NCC(C)C)c2ccc(Cl)c(Cl)c2)cc1. The van der Waals surface area contributed by atoms with E-state index in [1.54, 1.807) is 43.3 Å². The van der Waals surface area contributed by atoms with Crippen LogP contribution in [0.2, 0.25) is 15.1 Å². The van der Waals surface area contributed by atoms with Gasteiger partial charge in [-0.25, -0.2) is 8.42 Å². The van der Waals surface area contributed by atoms with Gasteiger partial charge in [-0.2, -0.15) is 0 Å². The molecule has 0 aromatic heterocycles. The molecule has 0 aliphatic rings. The largest absolute Gasteiger partial charge is 0.354 e. The lowest BCUT2D eigenvalue weighted by Gasteiger charge is -2.32. The maximum Gasteiger partial charge on any atom is 0.264 e. The van der Waals surface area contributed by atoms with E-state index in [0.29, 0.717) is 11.6 Å². The van der Waals surface area contributed by atoms with Crippen LogP contribution in [0.5, 0.6) is 0 Å². The average molecular weight is 625 g/mol. The summed E-state index contributed by atoms with van der Waals surface area (Å²) in [5, 5.41) is 3.76. The molecule has 40 heavy (non-hydrogen) atoms. The Balaban J connectivity index is 2.03. The van der Waals surface area contributed by atoms with Gasteiger partial charge >= 0.3 is 0 Å². The van der Waals surface area contributed by atoms with Crippen LogP contribution in [-0.2, 0) is 26.2 Å². The number of amides is 2. The van der Waals surface area contributed by atoms with E-state index < -0.39 is 28.5 Å². The number of nitrogens with zero attached hydrogens (tertiary/aromatic N) is 2. The summed E-state index contributed by atoms with van der Waals surface area (Å²) >= 11 is 18.4. The van der Waals surface area contributed by atoms with Crippen molar-refractivity contribution in [2.75, 3.05) is 17.4 Å². The van der Waals surface area contributed by atoms with E-state index >= 15 is 0 Å². The fourth-order valence-corrected chi connectivity index (χ4v) is 5.65. The molecule has 3 aromatic rings. The van der Waals surface area contributed by atoms with Gasteiger partial charge in [0.05, 0.1) is 20.6 Å². The van der Waals surface area contributed by atoms with Crippen LogP contribution in [0.4, 0.5) is 5.69 Å². The summed E-state index contributed by atoms with van der Waals surface area (Å²) < 4.78 is 28.7. The van der Waals surface area contributed by atoms with Gasteiger partial charge in [-0.05, 0) is 67.8 Å². The second kappa shape index (κ2) is 13.7. The summed E-state index contributed by atoms with van der Waals surface area (Å²) in [5.74, 6) is -0.719. The summed E-state index contributed by atoms with van der Waals surface area (Å²) in [6.45, 7) is 7.30. The molecule has 1 atom stereocenters. The Morgan fingerprint density at radius 1 is 0.875 bits per heavy atom. The van der Waals surface area contributed by atoms with E-state index in [9.17, 15) is 18.0 Å². The molecule has 3 aromatic carbocycles. The first kappa shape index (κ1) is 31.7. The minimum Gasteiger partial charge on any atom is -0.354 e. The molecule has 1 N–H and O–H groups in total. The van der Waals surface area contributed by atoms with Crippen LogP contribution in [0.15, 0.2) is 71.6 Å². The van der Waals surface area contributed by atoms with E-state index in [1.807, 2.05) is 20.8 Å². The molecule has 0 saturated heterocycles. The molecule has 7 nitrogen and oxygen atoms in total. The van der Waals surface area contributed by atoms with Gasteiger partial charge in [0.2, 0.25) is 11.8 Å². The van der Waals surface area contributed by atoms with Crippen molar-refractivity contribution in [2.45, 2.75) is 45.2 Å². The first-order chi connectivity index (χ1) is 18.8. The van der Waals surface area contributed by atoms with Crippen molar-refractivity contribution in [3.05, 3.63) is 92.9 Å². The monoisotopic (exact) mass is 623 g/mol. The van der Waals surface area contributed by atoms with E-state index in [0.717, 1.165) is 15.4 Å². The maximum absolute atomic E-state index is 13.9. The average Bonchev–Trinajstić information content (AvgIpc) is 2.91. The highest BCUT2D eigenvalue weighted by molar-refractivity contribution is 7.92. The van der Waals surface area contributed by atoms with Crippen LogP contribution in [0, 0.1) is 12.8 Å². The normalized spacial score (nSPS) is 12.2.